The lowest BCUT2D eigenvalue weighted by molar-refractivity contribution is -0.160. The number of carboxylic acids is 2. The molecule has 0 aliphatic heterocycles. The number of imide groups is 1. The highest BCUT2D eigenvalue weighted by Gasteiger charge is 2.35. The Hall–Kier alpha value is -1.92. The predicted molar refractivity (Wildman–Crippen MR) is 195 cm³/mol. The van der Waals surface area contributed by atoms with Crippen molar-refractivity contribution in [2.45, 2.75) is 232 Å². The summed E-state index contributed by atoms with van der Waals surface area (Å²) in [7, 11) is 0. The van der Waals surface area contributed by atoms with Crippen molar-refractivity contribution >= 4 is 23.8 Å². The molecule has 7 nitrogen and oxygen atoms in total. The van der Waals surface area contributed by atoms with E-state index in [9.17, 15) is 29.4 Å². The molecule has 0 aromatic rings. The van der Waals surface area contributed by atoms with Crippen LogP contribution in [0.2, 0.25) is 0 Å². The summed E-state index contributed by atoms with van der Waals surface area (Å²) in [5.41, 5.74) is 0. The lowest BCUT2D eigenvalue weighted by Crippen LogP contribution is -2.49. The zero-order valence-corrected chi connectivity index (χ0v) is 30.9. The van der Waals surface area contributed by atoms with Gasteiger partial charge in [-0.3, -0.25) is 19.3 Å². The molecule has 1 atom stereocenters. The summed E-state index contributed by atoms with van der Waals surface area (Å²) in [6.45, 7) is 4.50. The van der Waals surface area contributed by atoms with Crippen LogP contribution in [0.4, 0.5) is 0 Å². The SMILES string of the molecule is CCCCCCCCCCCCCCCCCC(=O)N(C(=O)CCCCCCCCCCCCCCCCC)[C@@H](CC(=O)O)C(=O)O. The number of unbranched alkanes of at least 4 members (excludes halogenated alkanes) is 28. The molecule has 0 aliphatic rings. The minimum atomic E-state index is -1.65. The smallest absolute Gasteiger partial charge is 0.327 e. The maximum atomic E-state index is 13.1. The number of carboxylic acid groups (broad SMARTS) is 2. The van der Waals surface area contributed by atoms with Gasteiger partial charge in [0.25, 0.3) is 0 Å². The van der Waals surface area contributed by atoms with Gasteiger partial charge in [-0.25, -0.2) is 4.79 Å². The Morgan fingerprint density at radius 3 is 0.851 bits per heavy atom. The zero-order valence-electron chi connectivity index (χ0n) is 30.9. The van der Waals surface area contributed by atoms with Crippen molar-refractivity contribution in [3.8, 4) is 0 Å². The van der Waals surface area contributed by atoms with Gasteiger partial charge in [-0.15, -0.1) is 0 Å². The van der Waals surface area contributed by atoms with E-state index in [-0.39, 0.29) is 12.8 Å². The third-order valence-electron chi connectivity index (χ3n) is 9.49. The van der Waals surface area contributed by atoms with Gasteiger partial charge in [0.15, 0.2) is 0 Å². The van der Waals surface area contributed by atoms with Crippen LogP contribution in [0.15, 0.2) is 0 Å². The van der Waals surface area contributed by atoms with Gasteiger partial charge in [0.2, 0.25) is 11.8 Å². The first-order chi connectivity index (χ1) is 22.8. The first-order valence-corrected chi connectivity index (χ1v) is 20.1. The second kappa shape index (κ2) is 34.0. The summed E-state index contributed by atoms with van der Waals surface area (Å²) in [5.74, 6) is -3.89. The monoisotopic (exact) mass is 666 g/mol. The lowest BCUT2D eigenvalue weighted by Gasteiger charge is -2.26. The molecule has 0 radical (unpaired) electrons. The normalized spacial score (nSPS) is 11.9. The number of hydrogen-bond donors (Lipinski definition) is 2. The first-order valence-electron chi connectivity index (χ1n) is 20.1. The van der Waals surface area contributed by atoms with Gasteiger partial charge >= 0.3 is 11.9 Å². The van der Waals surface area contributed by atoms with Crippen LogP contribution in [0.25, 0.3) is 0 Å². The van der Waals surface area contributed by atoms with Crippen molar-refractivity contribution in [1.29, 1.82) is 0 Å². The largest absolute Gasteiger partial charge is 0.481 e. The Morgan fingerprint density at radius 2 is 0.638 bits per heavy atom. The highest BCUT2D eigenvalue weighted by molar-refractivity contribution is 6.00. The van der Waals surface area contributed by atoms with Crippen LogP contribution in [0.1, 0.15) is 226 Å². The van der Waals surface area contributed by atoms with Crippen LogP contribution < -0.4 is 0 Å². The molecule has 2 amide bonds. The molecule has 47 heavy (non-hydrogen) atoms. The number of aliphatic carboxylic acids is 2. The Balaban J connectivity index is 4.22. The number of nitrogens with zero attached hydrogens (tertiary/aromatic N) is 1. The summed E-state index contributed by atoms with van der Waals surface area (Å²) in [6.07, 6.45) is 35.5. The first kappa shape index (κ1) is 45.1. The van der Waals surface area contributed by atoms with E-state index in [1.54, 1.807) is 0 Å². The fourth-order valence-electron chi connectivity index (χ4n) is 6.48. The Bertz CT molecular complexity index is 724. The van der Waals surface area contributed by atoms with Gasteiger partial charge in [0.1, 0.15) is 6.04 Å². The molecule has 0 saturated carbocycles. The second-order valence-corrected chi connectivity index (χ2v) is 14.0. The molecular formula is C40H75NO6. The minimum Gasteiger partial charge on any atom is -0.481 e. The summed E-state index contributed by atoms with van der Waals surface area (Å²) in [5, 5.41) is 19.0. The molecule has 0 heterocycles. The highest BCUT2D eigenvalue weighted by Crippen LogP contribution is 2.18. The molecular weight excluding hydrogens is 590 g/mol. The van der Waals surface area contributed by atoms with E-state index in [1.807, 2.05) is 0 Å². The fourth-order valence-corrected chi connectivity index (χ4v) is 6.48. The van der Waals surface area contributed by atoms with E-state index in [0.717, 1.165) is 43.4 Å². The zero-order chi connectivity index (χ0) is 34.8. The van der Waals surface area contributed by atoms with Crippen molar-refractivity contribution in [1.82, 2.24) is 4.90 Å². The second-order valence-electron chi connectivity index (χ2n) is 14.0. The van der Waals surface area contributed by atoms with E-state index in [4.69, 9.17) is 0 Å². The maximum Gasteiger partial charge on any atom is 0.327 e. The standard InChI is InChI=1S/C40H75NO6/c1-3-5-7-9-11-13-15-17-19-21-23-25-27-29-31-33-37(42)41(36(40(46)47)35-39(44)45)38(43)34-32-30-28-26-24-22-20-18-16-14-12-10-8-6-4-2/h36H,3-35H2,1-2H3,(H,44,45)(H,46,47)/t36-/m0/s1. The van der Waals surface area contributed by atoms with Gasteiger partial charge in [-0.1, -0.05) is 194 Å². The Kier molecular flexibility index (Phi) is 32.6. The number of carbonyl (C=O) groups excluding carboxylic acids is 2. The lowest BCUT2D eigenvalue weighted by atomic mass is 10.0. The molecule has 2 N–H and O–H groups in total. The van der Waals surface area contributed by atoms with Gasteiger partial charge in [0.05, 0.1) is 6.42 Å². The van der Waals surface area contributed by atoms with Crippen molar-refractivity contribution < 1.29 is 29.4 Å². The van der Waals surface area contributed by atoms with Crippen LogP contribution in [0.3, 0.4) is 0 Å². The van der Waals surface area contributed by atoms with E-state index >= 15 is 0 Å². The van der Waals surface area contributed by atoms with E-state index < -0.39 is 36.2 Å². The molecule has 0 aromatic heterocycles. The number of amides is 2. The molecule has 0 bridgehead atoms. The summed E-state index contributed by atoms with van der Waals surface area (Å²) >= 11 is 0. The van der Waals surface area contributed by atoms with Crippen LogP contribution in [0.5, 0.6) is 0 Å². The van der Waals surface area contributed by atoms with Crippen LogP contribution in [0, 0.1) is 0 Å². The molecule has 0 aliphatic carbocycles. The topological polar surface area (TPSA) is 112 Å². The molecule has 276 valence electrons. The van der Waals surface area contributed by atoms with Gasteiger partial charge in [0, 0.05) is 12.8 Å². The molecule has 0 rings (SSSR count). The van der Waals surface area contributed by atoms with Crippen LogP contribution in [-0.2, 0) is 19.2 Å². The number of hydrogen-bond acceptors (Lipinski definition) is 4. The molecule has 0 saturated heterocycles. The van der Waals surface area contributed by atoms with Crippen molar-refractivity contribution in [3.63, 3.8) is 0 Å². The van der Waals surface area contributed by atoms with Gasteiger partial charge < -0.3 is 10.2 Å². The van der Waals surface area contributed by atoms with E-state index in [2.05, 4.69) is 13.8 Å². The predicted octanol–water partition coefficient (Wildman–Crippen LogP) is 11.8. The minimum absolute atomic E-state index is 0.0756. The quantitative estimate of drug-likeness (QED) is 0.0644. The third-order valence-corrected chi connectivity index (χ3v) is 9.49. The molecule has 0 aromatic carbocycles. The van der Waals surface area contributed by atoms with Crippen molar-refractivity contribution in [2.75, 3.05) is 0 Å². The molecule has 0 fully saturated rings. The van der Waals surface area contributed by atoms with Crippen molar-refractivity contribution in [2.24, 2.45) is 0 Å². The van der Waals surface area contributed by atoms with Crippen molar-refractivity contribution in [3.05, 3.63) is 0 Å². The maximum absolute atomic E-state index is 13.1. The van der Waals surface area contributed by atoms with Crippen LogP contribution in [-0.4, -0.2) is 44.9 Å². The van der Waals surface area contributed by atoms with Gasteiger partial charge in [-0.2, -0.15) is 0 Å². The highest BCUT2D eigenvalue weighted by atomic mass is 16.4. The van der Waals surface area contributed by atoms with E-state index in [1.165, 1.54) is 141 Å². The molecule has 0 spiro atoms. The third kappa shape index (κ3) is 28.8. The molecule has 7 heteroatoms. The summed E-state index contributed by atoms with van der Waals surface area (Å²) in [4.78, 5) is 50.1. The van der Waals surface area contributed by atoms with E-state index in [0.29, 0.717) is 12.8 Å². The number of carbonyl (C=O) groups is 4. The summed E-state index contributed by atoms with van der Waals surface area (Å²) in [6, 6.07) is -1.65. The molecule has 0 unspecified atom stereocenters. The average molecular weight is 666 g/mol. The number of rotatable bonds is 36. The summed E-state index contributed by atoms with van der Waals surface area (Å²) < 4.78 is 0. The van der Waals surface area contributed by atoms with Crippen LogP contribution >= 0.6 is 0 Å². The average Bonchev–Trinajstić information content (AvgIpc) is 3.04. The Morgan fingerprint density at radius 1 is 0.404 bits per heavy atom. The fraction of sp³-hybridized carbons (Fsp3) is 0.900. The Labute approximate surface area is 289 Å². The van der Waals surface area contributed by atoms with Gasteiger partial charge in [-0.05, 0) is 12.8 Å².